The van der Waals surface area contributed by atoms with Crippen molar-refractivity contribution in [2.24, 2.45) is 0 Å². The first-order valence-electron chi connectivity index (χ1n) is 12.5. The Morgan fingerprint density at radius 1 is 1.05 bits per heavy atom. The van der Waals surface area contributed by atoms with Crippen LogP contribution in [-0.2, 0) is 26.0 Å². The molecule has 0 aliphatic carbocycles. The molecule has 1 unspecified atom stereocenters. The third-order valence-corrected chi connectivity index (χ3v) is 9.97. The van der Waals surface area contributed by atoms with Crippen LogP contribution in [0.4, 0.5) is 5.69 Å². The Morgan fingerprint density at radius 3 is 2.19 bits per heavy atom. The molecule has 228 valence electrons. The van der Waals surface area contributed by atoms with Crippen LogP contribution in [-0.4, -0.2) is 69.9 Å². The van der Waals surface area contributed by atoms with E-state index in [9.17, 15) is 33.0 Å². The summed E-state index contributed by atoms with van der Waals surface area (Å²) in [7, 11) is -4.38. The number of aliphatic hydroxyl groups is 1. The highest BCUT2D eigenvalue weighted by atomic mass is 35.5. The SMILES string of the molecule is CC1(C(=O)N[C@@H](Cc2ccc(NC(=O)c3c(Cl)cncc3Cl)cc2)C(=O)O)[C@@H](O)CCN1S(=O)(=O)c1cc(Cl)cc(Cl)c1. The number of hydrogen-bond acceptors (Lipinski definition) is 7. The van der Waals surface area contributed by atoms with Crippen LogP contribution in [0.3, 0.4) is 0 Å². The van der Waals surface area contributed by atoms with E-state index in [0.717, 1.165) is 16.4 Å². The van der Waals surface area contributed by atoms with E-state index in [4.69, 9.17) is 46.4 Å². The summed E-state index contributed by atoms with van der Waals surface area (Å²) in [6.45, 7) is 1.01. The second-order valence-electron chi connectivity index (χ2n) is 9.83. The first kappa shape index (κ1) is 32.9. The molecule has 1 aromatic heterocycles. The van der Waals surface area contributed by atoms with Crippen LogP contribution in [0.15, 0.2) is 59.8 Å². The number of benzene rings is 2. The Labute approximate surface area is 266 Å². The molecule has 2 amide bonds. The van der Waals surface area contributed by atoms with Gasteiger partial charge >= 0.3 is 5.97 Å². The Balaban J connectivity index is 1.51. The number of carbonyl (C=O) groups excluding carboxylic acids is 2. The second-order valence-corrected chi connectivity index (χ2v) is 13.4. The standard InChI is InChI=1S/C27H24Cl4N4O7S/c1-27(22(36)6-7-35(27)43(41,42)18-10-15(28)9-16(29)11-18)26(40)34-21(25(38)39)8-14-2-4-17(5-3-14)33-24(37)23-19(30)12-32-13-20(23)31/h2-5,9-13,21-22,36H,6-8H2,1H3,(H,33,37)(H,34,40)(H,38,39)/t21-,22-,27?/m0/s1. The van der Waals surface area contributed by atoms with Gasteiger partial charge in [-0.3, -0.25) is 14.6 Å². The smallest absolute Gasteiger partial charge is 0.326 e. The fraction of sp³-hybridized carbons (Fsp3) is 0.259. The van der Waals surface area contributed by atoms with E-state index in [2.05, 4.69) is 15.6 Å². The van der Waals surface area contributed by atoms with Gasteiger partial charge in [0.05, 0.1) is 26.6 Å². The number of carboxylic acids is 1. The largest absolute Gasteiger partial charge is 0.480 e. The number of pyridine rings is 1. The van der Waals surface area contributed by atoms with Crippen LogP contribution in [0.25, 0.3) is 0 Å². The van der Waals surface area contributed by atoms with E-state index in [1.807, 2.05) is 0 Å². The highest BCUT2D eigenvalue weighted by molar-refractivity contribution is 7.89. The fourth-order valence-corrected chi connectivity index (χ4v) is 7.69. The van der Waals surface area contributed by atoms with Gasteiger partial charge in [0.2, 0.25) is 15.9 Å². The van der Waals surface area contributed by atoms with Crippen LogP contribution in [0.1, 0.15) is 29.3 Å². The van der Waals surface area contributed by atoms with Gasteiger partial charge in [-0.15, -0.1) is 0 Å². The maximum absolute atomic E-state index is 13.5. The average Bonchev–Trinajstić information content (AvgIpc) is 3.24. The quantitative estimate of drug-likeness (QED) is 0.259. The van der Waals surface area contributed by atoms with Gasteiger partial charge in [-0.1, -0.05) is 58.5 Å². The normalized spacial score (nSPS) is 19.5. The van der Waals surface area contributed by atoms with Gasteiger partial charge in [0.1, 0.15) is 11.6 Å². The lowest BCUT2D eigenvalue weighted by molar-refractivity contribution is -0.144. The summed E-state index contributed by atoms with van der Waals surface area (Å²) in [5.41, 5.74) is -1.17. The van der Waals surface area contributed by atoms with Crippen LogP contribution >= 0.6 is 46.4 Å². The maximum Gasteiger partial charge on any atom is 0.326 e. The Kier molecular flexibility index (Phi) is 9.92. The average molecular weight is 690 g/mol. The van der Waals surface area contributed by atoms with Crippen LogP contribution in [0.2, 0.25) is 20.1 Å². The van der Waals surface area contributed by atoms with Gasteiger partial charge in [-0.25, -0.2) is 13.2 Å². The predicted octanol–water partition coefficient (Wildman–Crippen LogP) is 4.27. The molecular weight excluding hydrogens is 666 g/mol. The number of hydrogen-bond donors (Lipinski definition) is 4. The molecule has 4 N–H and O–H groups in total. The van der Waals surface area contributed by atoms with Crippen molar-refractivity contribution >= 4 is 79.9 Å². The molecule has 0 spiro atoms. The number of amides is 2. The second kappa shape index (κ2) is 12.9. The minimum atomic E-state index is -4.38. The van der Waals surface area contributed by atoms with Crippen molar-refractivity contribution < 1.29 is 33.0 Å². The number of nitrogens with zero attached hydrogens (tertiary/aromatic N) is 2. The topological polar surface area (TPSA) is 166 Å². The van der Waals surface area contributed by atoms with Gasteiger partial charge in [0, 0.05) is 41.1 Å². The summed E-state index contributed by atoms with van der Waals surface area (Å²) in [5.74, 6) is -2.97. The number of rotatable bonds is 9. The molecule has 16 heteroatoms. The van der Waals surface area contributed by atoms with E-state index in [1.54, 1.807) is 12.1 Å². The molecule has 11 nitrogen and oxygen atoms in total. The molecule has 2 heterocycles. The number of aromatic nitrogens is 1. The molecule has 2 aromatic carbocycles. The van der Waals surface area contributed by atoms with E-state index in [-0.39, 0.29) is 49.9 Å². The van der Waals surface area contributed by atoms with Crippen molar-refractivity contribution in [2.45, 2.75) is 42.3 Å². The summed E-state index contributed by atoms with van der Waals surface area (Å²) in [5, 5.41) is 25.9. The fourth-order valence-electron chi connectivity index (χ4n) is 4.64. The van der Waals surface area contributed by atoms with Crippen molar-refractivity contribution in [2.75, 3.05) is 11.9 Å². The zero-order valence-electron chi connectivity index (χ0n) is 22.2. The predicted molar refractivity (Wildman–Crippen MR) is 161 cm³/mol. The zero-order chi connectivity index (χ0) is 31.7. The van der Waals surface area contributed by atoms with Gasteiger partial charge in [0.15, 0.2) is 0 Å². The van der Waals surface area contributed by atoms with Crippen LogP contribution in [0.5, 0.6) is 0 Å². The monoisotopic (exact) mass is 688 g/mol. The Bertz CT molecular complexity index is 1650. The zero-order valence-corrected chi connectivity index (χ0v) is 26.1. The number of carboxylic acid groups (broad SMARTS) is 1. The summed E-state index contributed by atoms with van der Waals surface area (Å²) in [6, 6.07) is 8.30. The number of carbonyl (C=O) groups is 3. The maximum atomic E-state index is 13.5. The molecule has 1 saturated heterocycles. The molecule has 4 rings (SSSR count). The number of aliphatic carboxylic acids is 1. The first-order valence-corrected chi connectivity index (χ1v) is 15.5. The Morgan fingerprint density at radius 2 is 1.63 bits per heavy atom. The van der Waals surface area contributed by atoms with Crippen LogP contribution < -0.4 is 10.6 Å². The molecule has 1 aliphatic heterocycles. The number of halogens is 4. The van der Waals surface area contributed by atoms with Crippen molar-refractivity contribution in [1.82, 2.24) is 14.6 Å². The van der Waals surface area contributed by atoms with E-state index >= 15 is 0 Å². The molecule has 3 aromatic rings. The van der Waals surface area contributed by atoms with Gasteiger partial charge in [0.25, 0.3) is 5.91 Å². The summed E-state index contributed by atoms with van der Waals surface area (Å²) < 4.78 is 27.8. The highest BCUT2D eigenvalue weighted by Crippen LogP contribution is 2.36. The van der Waals surface area contributed by atoms with Crippen molar-refractivity contribution in [3.05, 3.63) is 86.1 Å². The molecular formula is C27H24Cl4N4O7S. The van der Waals surface area contributed by atoms with E-state index in [1.165, 1.54) is 37.5 Å². The van der Waals surface area contributed by atoms with Crippen molar-refractivity contribution in [1.29, 1.82) is 0 Å². The summed E-state index contributed by atoms with van der Waals surface area (Å²) in [6.07, 6.45) is 0.853. The molecule has 0 radical (unpaired) electrons. The lowest BCUT2D eigenvalue weighted by Crippen LogP contribution is -2.62. The van der Waals surface area contributed by atoms with Gasteiger partial charge in [-0.05, 0) is 49.2 Å². The van der Waals surface area contributed by atoms with E-state index < -0.39 is 45.5 Å². The van der Waals surface area contributed by atoms with Crippen molar-refractivity contribution in [3.63, 3.8) is 0 Å². The molecule has 1 aliphatic rings. The van der Waals surface area contributed by atoms with E-state index in [0.29, 0.717) is 11.3 Å². The lowest BCUT2D eigenvalue weighted by Gasteiger charge is -2.35. The Hall–Kier alpha value is -2.97. The third kappa shape index (κ3) is 6.91. The molecule has 3 atom stereocenters. The first-order chi connectivity index (χ1) is 20.1. The minimum absolute atomic E-state index is 0.0353. The van der Waals surface area contributed by atoms with Crippen LogP contribution in [0, 0.1) is 0 Å². The number of anilines is 1. The number of sulfonamides is 1. The molecule has 0 saturated carbocycles. The van der Waals surface area contributed by atoms with Crippen molar-refractivity contribution in [3.8, 4) is 0 Å². The molecule has 1 fully saturated rings. The summed E-state index contributed by atoms with van der Waals surface area (Å²) in [4.78, 5) is 41.8. The third-order valence-electron chi connectivity index (χ3n) is 6.99. The lowest BCUT2D eigenvalue weighted by atomic mass is 9.95. The molecule has 43 heavy (non-hydrogen) atoms. The number of nitrogens with one attached hydrogen (secondary N) is 2. The summed E-state index contributed by atoms with van der Waals surface area (Å²) >= 11 is 24.0. The minimum Gasteiger partial charge on any atom is -0.480 e. The van der Waals surface area contributed by atoms with Gasteiger partial charge in [-0.2, -0.15) is 4.31 Å². The van der Waals surface area contributed by atoms with Gasteiger partial charge < -0.3 is 20.8 Å². The number of aliphatic hydroxyl groups excluding tert-OH is 1. The highest BCUT2D eigenvalue weighted by Gasteiger charge is 2.56. The molecule has 0 bridgehead atoms.